The molecular formula is C19H16N2O4S. The molecule has 0 radical (unpaired) electrons. The Balaban J connectivity index is 1.49. The van der Waals surface area contributed by atoms with E-state index in [1.807, 2.05) is 35.7 Å². The van der Waals surface area contributed by atoms with Crippen molar-refractivity contribution >= 4 is 23.0 Å². The second-order valence-corrected chi connectivity index (χ2v) is 6.46. The first-order chi connectivity index (χ1) is 12.6. The molecule has 0 unspecified atom stereocenters. The smallest absolute Gasteiger partial charge is 0.306 e. The number of hydrogen-bond donors (Lipinski definition) is 0. The van der Waals surface area contributed by atoms with Crippen LogP contribution in [0.4, 0.5) is 5.69 Å². The number of rotatable bonds is 7. The molecule has 0 aliphatic carbocycles. The third kappa shape index (κ3) is 4.73. The quantitative estimate of drug-likeness (QED) is 0.351. The molecule has 0 N–H and O–H groups in total. The fourth-order valence-corrected chi connectivity index (χ4v) is 3.20. The molecule has 0 saturated carbocycles. The summed E-state index contributed by atoms with van der Waals surface area (Å²) in [6.45, 7) is 0.122. The first-order valence-corrected chi connectivity index (χ1v) is 8.88. The first kappa shape index (κ1) is 17.8. The Morgan fingerprint density at radius 1 is 1.15 bits per heavy atom. The van der Waals surface area contributed by atoms with Crippen LogP contribution in [0.2, 0.25) is 0 Å². The minimum absolute atomic E-state index is 0.0202. The zero-order valence-corrected chi connectivity index (χ0v) is 14.6. The fourth-order valence-electron chi connectivity index (χ4n) is 2.39. The van der Waals surface area contributed by atoms with Crippen molar-refractivity contribution in [1.82, 2.24) is 4.98 Å². The van der Waals surface area contributed by atoms with Gasteiger partial charge in [-0.25, -0.2) is 4.98 Å². The minimum Gasteiger partial charge on any atom is -0.459 e. The largest absolute Gasteiger partial charge is 0.459 e. The van der Waals surface area contributed by atoms with Gasteiger partial charge in [-0.05, 0) is 12.0 Å². The van der Waals surface area contributed by atoms with Crippen LogP contribution in [0, 0.1) is 10.1 Å². The van der Waals surface area contributed by atoms with Gasteiger partial charge in [0.2, 0.25) is 0 Å². The maximum atomic E-state index is 11.9. The Morgan fingerprint density at radius 2 is 1.96 bits per heavy atom. The number of thiazole rings is 1. The van der Waals surface area contributed by atoms with E-state index in [4.69, 9.17) is 4.74 Å². The summed E-state index contributed by atoms with van der Waals surface area (Å²) in [5.41, 5.74) is 2.49. The third-order valence-corrected chi connectivity index (χ3v) is 4.63. The van der Waals surface area contributed by atoms with Gasteiger partial charge in [0.15, 0.2) is 0 Å². The van der Waals surface area contributed by atoms with Gasteiger partial charge in [-0.3, -0.25) is 14.9 Å². The van der Waals surface area contributed by atoms with Gasteiger partial charge in [-0.15, -0.1) is 11.3 Å². The van der Waals surface area contributed by atoms with E-state index < -0.39 is 4.92 Å². The van der Waals surface area contributed by atoms with Gasteiger partial charge in [0.25, 0.3) is 5.69 Å². The molecule has 0 amide bonds. The molecule has 7 heteroatoms. The lowest BCUT2D eigenvalue weighted by atomic mass is 10.1. The topological polar surface area (TPSA) is 82.3 Å². The molecule has 1 heterocycles. The van der Waals surface area contributed by atoms with Crippen LogP contribution in [0.1, 0.15) is 17.7 Å². The van der Waals surface area contributed by atoms with E-state index in [-0.39, 0.29) is 24.7 Å². The molecule has 1 aromatic heterocycles. The number of nitro groups is 1. The van der Waals surface area contributed by atoms with Crippen molar-refractivity contribution in [3.63, 3.8) is 0 Å². The summed E-state index contributed by atoms with van der Waals surface area (Å²) in [6, 6.07) is 16.1. The molecule has 0 aliphatic heterocycles. The van der Waals surface area contributed by atoms with Crippen LogP contribution in [0.15, 0.2) is 60.0 Å². The number of carbonyl (C=O) groups excluding carboxylic acids is 1. The van der Waals surface area contributed by atoms with E-state index in [0.29, 0.717) is 12.1 Å². The number of nitro benzene ring substituents is 1. The van der Waals surface area contributed by atoms with E-state index in [9.17, 15) is 14.9 Å². The molecule has 0 bridgehead atoms. The van der Waals surface area contributed by atoms with E-state index in [1.165, 1.54) is 23.5 Å². The summed E-state index contributed by atoms with van der Waals surface area (Å²) < 4.78 is 5.25. The molecule has 3 rings (SSSR count). The number of ether oxygens (including phenoxy) is 1. The van der Waals surface area contributed by atoms with E-state index >= 15 is 0 Å². The van der Waals surface area contributed by atoms with Crippen LogP contribution >= 0.6 is 11.3 Å². The van der Waals surface area contributed by atoms with Crippen molar-refractivity contribution < 1.29 is 14.5 Å². The van der Waals surface area contributed by atoms with Crippen LogP contribution in [0.3, 0.4) is 0 Å². The molecule has 6 nitrogen and oxygen atoms in total. The standard InChI is InChI=1S/C19H16N2O4S/c22-18(10-9-14-5-4-8-17(11-14)21(23)24)25-12-16-13-26-19(20-16)15-6-2-1-3-7-15/h1-8,11,13H,9-10,12H2. The van der Waals surface area contributed by atoms with Crippen molar-refractivity contribution in [1.29, 1.82) is 0 Å². The van der Waals surface area contributed by atoms with Gasteiger partial charge >= 0.3 is 5.97 Å². The maximum Gasteiger partial charge on any atom is 0.306 e. The van der Waals surface area contributed by atoms with Gasteiger partial charge in [-0.1, -0.05) is 42.5 Å². The van der Waals surface area contributed by atoms with Crippen LogP contribution in [-0.4, -0.2) is 15.9 Å². The summed E-state index contributed by atoms with van der Waals surface area (Å²) in [5.74, 6) is -0.356. The molecule has 0 aliphatic rings. The number of nitrogens with zero attached hydrogens (tertiary/aromatic N) is 2. The second-order valence-electron chi connectivity index (χ2n) is 5.60. The Morgan fingerprint density at radius 3 is 2.73 bits per heavy atom. The lowest BCUT2D eigenvalue weighted by Crippen LogP contribution is -2.06. The highest BCUT2D eigenvalue weighted by atomic mass is 32.1. The summed E-state index contributed by atoms with van der Waals surface area (Å²) in [4.78, 5) is 26.7. The maximum absolute atomic E-state index is 11.9. The van der Waals surface area contributed by atoms with Crippen LogP contribution < -0.4 is 0 Å². The molecule has 132 valence electrons. The number of hydrogen-bond acceptors (Lipinski definition) is 6. The van der Waals surface area contributed by atoms with Crippen LogP contribution in [0.5, 0.6) is 0 Å². The van der Waals surface area contributed by atoms with Gasteiger partial charge < -0.3 is 4.74 Å². The molecule has 26 heavy (non-hydrogen) atoms. The molecule has 0 atom stereocenters. The Hall–Kier alpha value is -3.06. The van der Waals surface area contributed by atoms with E-state index in [2.05, 4.69) is 4.98 Å². The molecule has 2 aromatic carbocycles. The first-order valence-electron chi connectivity index (χ1n) is 8.00. The van der Waals surface area contributed by atoms with E-state index in [0.717, 1.165) is 16.1 Å². The Bertz CT molecular complexity index is 909. The number of esters is 1. The number of non-ortho nitro benzene ring substituents is 1. The number of aryl methyl sites for hydroxylation is 1. The third-order valence-electron chi connectivity index (χ3n) is 3.69. The van der Waals surface area contributed by atoms with Crippen LogP contribution in [0.25, 0.3) is 10.6 Å². The predicted molar refractivity (Wildman–Crippen MR) is 98.8 cm³/mol. The SMILES string of the molecule is O=C(CCc1cccc([N+](=O)[O-])c1)OCc1csc(-c2ccccc2)n1. The van der Waals surface area contributed by atoms with E-state index in [1.54, 1.807) is 12.1 Å². The van der Waals surface area contributed by atoms with Gasteiger partial charge in [0.05, 0.1) is 10.6 Å². The average Bonchev–Trinajstić information content (AvgIpc) is 3.15. The van der Waals surface area contributed by atoms with Gasteiger partial charge in [0, 0.05) is 29.5 Å². The minimum atomic E-state index is -0.450. The summed E-state index contributed by atoms with van der Waals surface area (Å²) in [6.07, 6.45) is 0.559. The summed E-state index contributed by atoms with van der Waals surface area (Å²) in [7, 11) is 0. The second kappa shape index (κ2) is 8.35. The predicted octanol–water partition coefficient (Wildman–Crippen LogP) is 4.39. The normalized spacial score (nSPS) is 10.5. The van der Waals surface area contributed by atoms with Crippen molar-refractivity contribution in [3.05, 3.63) is 81.3 Å². The summed E-state index contributed by atoms with van der Waals surface area (Å²) >= 11 is 1.50. The zero-order chi connectivity index (χ0) is 18.4. The average molecular weight is 368 g/mol. The van der Waals surface area contributed by atoms with Gasteiger partial charge in [0.1, 0.15) is 11.6 Å². The summed E-state index contributed by atoms with van der Waals surface area (Å²) in [5, 5.41) is 13.5. The molecule has 0 fully saturated rings. The number of carbonyl (C=O) groups is 1. The highest BCUT2D eigenvalue weighted by molar-refractivity contribution is 7.13. The molecule has 3 aromatic rings. The van der Waals surface area contributed by atoms with Crippen molar-refractivity contribution in [2.24, 2.45) is 0 Å². The number of benzene rings is 2. The Kier molecular flexibility index (Phi) is 5.70. The zero-order valence-electron chi connectivity index (χ0n) is 13.8. The van der Waals surface area contributed by atoms with Crippen molar-refractivity contribution in [2.75, 3.05) is 0 Å². The number of aromatic nitrogens is 1. The van der Waals surface area contributed by atoms with Crippen molar-refractivity contribution in [2.45, 2.75) is 19.4 Å². The molecule has 0 saturated heterocycles. The van der Waals surface area contributed by atoms with Crippen molar-refractivity contribution in [3.8, 4) is 10.6 Å². The monoisotopic (exact) mass is 368 g/mol. The highest BCUT2D eigenvalue weighted by Crippen LogP contribution is 2.23. The highest BCUT2D eigenvalue weighted by Gasteiger charge is 2.10. The molecule has 0 spiro atoms. The Labute approximate surface area is 154 Å². The molecular weight excluding hydrogens is 352 g/mol. The fraction of sp³-hybridized carbons (Fsp3) is 0.158. The van der Waals surface area contributed by atoms with Gasteiger partial charge in [-0.2, -0.15) is 0 Å². The lowest BCUT2D eigenvalue weighted by Gasteiger charge is -2.03. The lowest BCUT2D eigenvalue weighted by molar-refractivity contribution is -0.384. The van der Waals surface area contributed by atoms with Crippen LogP contribution in [-0.2, 0) is 22.6 Å².